The van der Waals surface area contributed by atoms with E-state index in [4.69, 9.17) is 4.74 Å². The van der Waals surface area contributed by atoms with Crippen LogP contribution in [0, 0.1) is 23.7 Å². The lowest BCUT2D eigenvalue weighted by atomic mass is 9.81. The third-order valence-electron chi connectivity index (χ3n) is 6.80. The molecule has 5 nitrogen and oxygen atoms in total. The molecular weight excluding hydrogens is 526 g/mol. The number of carbonyl (C=O) groups excluding carboxylic acids is 3. The molecule has 1 saturated heterocycles. The molecule has 0 radical (unpaired) electrons. The summed E-state index contributed by atoms with van der Waals surface area (Å²) in [6.45, 7) is 1.70. The smallest absolute Gasteiger partial charge is 0.238 e. The van der Waals surface area contributed by atoms with E-state index < -0.39 is 6.10 Å². The van der Waals surface area contributed by atoms with Crippen molar-refractivity contribution >= 4 is 55.1 Å². The van der Waals surface area contributed by atoms with Crippen LogP contribution in [0.15, 0.2) is 54.6 Å². The molecule has 2 bridgehead atoms. The summed E-state index contributed by atoms with van der Waals surface area (Å²) < 4.78 is 5.87. The lowest BCUT2D eigenvalue weighted by Gasteiger charge is -2.28. The minimum Gasteiger partial charge on any atom is -0.482 e. The Morgan fingerprint density at radius 1 is 0.968 bits per heavy atom. The van der Waals surface area contributed by atoms with Crippen LogP contribution in [0.1, 0.15) is 23.7 Å². The maximum absolute atomic E-state index is 13.2. The lowest BCUT2D eigenvalue weighted by molar-refractivity contribution is -0.123. The molecule has 1 aliphatic heterocycles. The van der Waals surface area contributed by atoms with Gasteiger partial charge in [-0.2, -0.15) is 0 Å². The van der Waals surface area contributed by atoms with Gasteiger partial charge in [-0.05, 0) is 37.3 Å². The summed E-state index contributed by atoms with van der Waals surface area (Å²) in [5.41, 5.74) is 1.07. The van der Waals surface area contributed by atoms with Crippen LogP contribution in [0.2, 0.25) is 0 Å². The van der Waals surface area contributed by atoms with Crippen LogP contribution >= 0.6 is 31.9 Å². The van der Waals surface area contributed by atoms with E-state index in [0.29, 0.717) is 17.0 Å². The number of halogens is 2. The van der Waals surface area contributed by atoms with E-state index in [2.05, 4.69) is 31.9 Å². The zero-order chi connectivity index (χ0) is 21.9. The second-order valence-electron chi connectivity index (χ2n) is 8.50. The maximum Gasteiger partial charge on any atom is 0.238 e. The van der Waals surface area contributed by atoms with Gasteiger partial charge in [0.05, 0.1) is 17.5 Å². The van der Waals surface area contributed by atoms with E-state index in [9.17, 15) is 14.4 Å². The number of fused-ring (bicyclic) bond motifs is 5. The number of ketones is 1. The monoisotopic (exact) mass is 545 g/mol. The number of benzene rings is 2. The number of rotatable bonds is 5. The molecule has 5 rings (SSSR count). The molecule has 2 aliphatic carbocycles. The first-order valence-electron chi connectivity index (χ1n) is 10.4. The molecule has 7 heteroatoms. The fourth-order valence-electron chi connectivity index (χ4n) is 5.39. The Hall–Kier alpha value is -1.99. The third kappa shape index (κ3) is 3.28. The van der Waals surface area contributed by atoms with Crippen LogP contribution in [-0.4, -0.2) is 33.4 Å². The van der Waals surface area contributed by atoms with Crippen LogP contribution < -0.4 is 9.64 Å². The molecule has 0 aromatic heterocycles. The standard InChI is InChI=1S/C24H21Br2NO4/c1-12(22(28)13-6-3-2-4-7-13)31-15-9-5-8-14(10-15)27-23(29)18-16-11-17(19(18)24(27)30)21(26)20(16)25/h2-10,12,16-21H,11H2,1H3/t12-,16+,17+,18-,19+,20-,21+/m1/s1. The van der Waals surface area contributed by atoms with Crippen molar-refractivity contribution in [3.8, 4) is 5.75 Å². The van der Waals surface area contributed by atoms with Gasteiger partial charge in [0, 0.05) is 21.3 Å². The Morgan fingerprint density at radius 2 is 1.58 bits per heavy atom. The first-order valence-corrected chi connectivity index (χ1v) is 12.2. The number of imide groups is 1. The predicted octanol–water partition coefficient (Wildman–Crippen LogP) is 4.62. The molecule has 0 unspecified atom stereocenters. The highest BCUT2D eigenvalue weighted by Crippen LogP contribution is 2.60. The van der Waals surface area contributed by atoms with E-state index in [-0.39, 0.29) is 50.9 Å². The molecule has 2 saturated carbocycles. The molecule has 0 spiro atoms. The van der Waals surface area contributed by atoms with Crippen LogP contribution in [-0.2, 0) is 9.59 Å². The van der Waals surface area contributed by atoms with Gasteiger partial charge in [0.2, 0.25) is 17.6 Å². The van der Waals surface area contributed by atoms with Gasteiger partial charge < -0.3 is 4.74 Å². The average Bonchev–Trinajstić information content (AvgIpc) is 3.38. The first-order chi connectivity index (χ1) is 14.9. The summed E-state index contributed by atoms with van der Waals surface area (Å²) in [4.78, 5) is 40.8. The Kier molecular flexibility index (Phi) is 5.29. The molecule has 2 aromatic carbocycles. The fourth-order valence-corrected chi connectivity index (χ4v) is 7.27. The van der Waals surface area contributed by atoms with E-state index in [1.807, 2.05) is 18.2 Å². The van der Waals surface area contributed by atoms with Crippen LogP contribution in [0.25, 0.3) is 0 Å². The number of anilines is 1. The van der Waals surface area contributed by atoms with E-state index in [0.717, 1.165) is 6.42 Å². The van der Waals surface area contributed by atoms with Crippen LogP contribution in [0.5, 0.6) is 5.75 Å². The minimum atomic E-state index is -0.693. The number of ether oxygens (including phenoxy) is 1. The normalized spacial score (nSPS) is 32.3. The van der Waals surface area contributed by atoms with E-state index in [1.165, 1.54) is 4.90 Å². The van der Waals surface area contributed by atoms with Crippen molar-refractivity contribution in [2.24, 2.45) is 23.7 Å². The number of hydrogen-bond donors (Lipinski definition) is 0. The van der Waals surface area contributed by atoms with Gasteiger partial charge in [-0.15, -0.1) is 0 Å². The Balaban J connectivity index is 1.37. The van der Waals surface area contributed by atoms with Gasteiger partial charge in [-0.25, -0.2) is 4.90 Å². The zero-order valence-corrected chi connectivity index (χ0v) is 20.0. The molecule has 31 heavy (non-hydrogen) atoms. The van der Waals surface area contributed by atoms with Gasteiger partial charge in [0.1, 0.15) is 5.75 Å². The van der Waals surface area contributed by atoms with Gasteiger partial charge in [-0.1, -0.05) is 68.3 Å². The number of hydrogen-bond acceptors (Lipinski definition) is 4. The second-order valence-corrected chi connectivity index (χ2v) is 10.6. The van der Waals surface area contributed by atoms with E-state index >= 15 is 0 Å². The predicted molar refractivity (Wildman–Crippen MR) is 124 cm³/mol. The summed E-state index contributed by atoms with van der Waals surface area (Å²) in [6.07, 6.45) is 0.204. The van der Waals surface area contributed by atoms with Crippen LogP contribution in [0.4, 0.5) is 5.69 Å². The van der Waals surface area contributed by atoms with Crippen molar-refractivity contribution in [2.45, 2.75) is 29.1 Å². The molecule has 2 amide bonds. The molecular formula is C24H21Br2NO4. The fraction of sp³-hybridized carbons (Fsp3) is 0.375. The molecule has 2 aromatic rings. The Labute approximate surface area is 197 Å². The topological polar surface area (TPSA) is 63.7 Å². The second kappa shape index (κ2) is 7.85. The largest absolute Gasteiger partial charge is 0.482 e. The SMILES string of the molecule is C[C@@H](Oc1cccc(N2C(=O)[C@@H]3[C@@H]4C[C@H]([C@H](Br)[C@@H]4Br)[C@@H]3C2=O)c1)C(=O)c1ccccc1. The zero-order valence-electron chi connectivity index (χ0n) is 16.8. The number of nitrogens with zero attached hydrogens (tertiary/aromatic N) is 1. The molecule has 1 heterocycles. The molecule has 0 N–H and O–H groups in total. The number of Topliss-reactive ketones (excluding diaryl/α,β-unsaturated/α-hetero) is 1. The molecule has 3 aliphatic rings. The average molecular weight is 547 g/mol. The van der Waals surface area contributed by atoms with Gasteiger partial charge in [-0.3, -0.25) is 14.4 Å². The van der Waals surface area contributed by atoms with Crippen molar-refractivity contribution in [3.05, 3.63) is 60.2 Å². The minimum absolute atomic E-state index is 0.128. The van der Waals surface area contributed by atoms with E-state index in [1.54, 1.807) is 43.3 Å². The van der Waals surface area contributed by atoms with Gasteiger partial charge in [0.25, 0.3) is 0 Å². The molecule has 3 fully saturated rings. The highest BCUT2D eigenvalue weighted by molar-refractivity contribution is 9.12. The third-order valence-corrected chi connectivity index (χ3v) is 10.0. The summed E-state index contributed by atoms with van der Waals surface area (Å²) in [5.74, 6) is -0.122. The van der Waals surface area contributed by atoms with Crippen molar-refractivity contribution in [3.63, 3.8) is 0 Å². The summed E-state index contributed by atoms with van der Waals surface area (Å²) in [7, 11) is 0. The number of alkyl halides is 2. The van der Waals surface area contributed by atoms with Crippen molar-refractivity contribution in [1.82, 2.24) is 0 Å². The highest BCUT2D eigenvalue weighted by Gasteiger charge is 2.66. The Morgan fingerprint density at radius 3 is 2.19 bits per heavy atom. The summed E-state index contributed by atoms with van der Waals surface area (Å²) in [5, 5.41) is 0. The van der Waals surface area contributed by atoms with Crippen molar-refractivity contribution in [1.29, 1.82) is 0 Å². The van der Waals surface area contributed by atoms with Gasteiger partial charge >= 0.3 is 0 Å². The number of carbonyl (C=O) groups is 3. The maximum atomic E-state index is 13.2. The molecule has 7 atom stereocenters. The summed E-state index contributed by atoms with van der Waals surface area (Å²) >= 11 is 7.42. The first kappa shape index (κ1) is 20.9. The quantitative estimate of drug-likeness (QED) is 0.312. The molecule has 160 valence electrons. The van der Waals surface area contributed by atoms with Crippen molar-refractivity contribution < 1.29 is 19.1 Å². The lowest BCUT2D eigenvalue weighted by Crippen LogP contribution is -2.37. The van der Waals surface area contributed by atoms with Crippen LogP contribution in [0.3, 0.4) is 0 Å². The van der Waals surface area contributed by atoms with Gasteiger partial charge in [0.15, 0.2) is 6.10 Å². The number of amides is 2. The summed E-state index contributed by atoms with van der Waals surface area (Å²) in [6, 6.07) is 15.9. The highest BCUT2D eigenvalue weighted by atomic mass is 79.9. The van der Waals surface area contributed by atoms with Crippen molar-refractivity contribution in [2.75, 3.05) is 4.90 Å². The Bertz CT molecular complexity index is 1030.